The molecule has 2 N–H and O–H groups in total. The number of morpholine rings is 1. The molecule has 0 saturated carbocycles. The predicted octanol–water partition coefficient (Wildman–Crippen LogP) is 1.80. The molecule has 9 nitrogen and oxygen atoms in total. The van der Waals surface area contributed by atoms with E-state index in [9.17, 15) is 5.11 Å². The van der Waals surface area contributed by atoms with E-state index in [0.717, 1.165) is 48.8 Å². The van der Waals surface area contributed by atoms with E-state index in [1.807, 2.05) is 12.3 Å². The van der Waals surface area contributed by atoms with Crippen LogP contribution in [0.25, 0.3) is 11.4 Å². The van der Waals surface area contributed by atoms with Crippen LogP contribution in [0.15, 0.2) is 30.6 Å². The van der Waals surface area contributed by atoms with Gasteiger partial charge in [-0.15, -0.1) is 0 Å². The standard InChI is InChI=1S/C21H29N3O4.CH2O2/c1-26-13-16-9-15(3-4-20(16)27-2)21-22-6-7-24(21)17-10-18-14-28-19(5-8-25)12-23(18)11-17;2-1-3/h3-4,6-7,9,17-19,25H,5,8,10-14H2,1-2H3;1H,(H,2,3)/t17-,18+,19+;/m1./s1. The van der Waals surface area contributed by atoms with Gasteiger partial charge in [0.2, 0.25) is 0 Å². The number of fused-ring (bicyclic) bond motifs is 1. The summed E-state index contributed by atoms with van der Waals surface area (Å²) in [5, 5.41) is 16.1. The van der Waals surface area contributed by atoms with Gasteiger partial charge in [0.25, 0.3) is 6.47 Å². The lowest BCUT2D eigenvalue weighted by Crippen LogP contribution is -2.46. The van der Waals surface area contributed by atoms with Crippen LogP contribution in [0.1, 0.15) is 24.4 Å². The van der Waals surface area contributed by atoms with Crippen LogP contribution < -0.4 is 4.74 Å². The molecule has 0 radical (unpaired) electrons. The maximum absolute atomic E-state index is 9.19. The van der Waals surface area contributed by atoms with Crippen LogP contribution in [-0.4, -0.2) is 83.8 Å². The van der Waals surface area contributed by atoms with Gasteiger partial charge in [-0.25, -0.2) is 4.98 Å². The molecule has 2 fully saturated rings. The molecular weight excluding hydrogens is 402 g/mol. The van der Waals surface area contributed by atoms with Gasteiger partial charge in [0.15, 0.2) is 0 Å². The first kappa shape index (κ1) is 23.2. The summed E-state index contributed by atoms with van der Waals surface area (Å²) in [7, 11) is 3.36. The van der Waals surface area contributed by atoms with Crippen molar-refractivity contribution >= 4 is 6.47 Å². The number of hydrogen-bond donors (Lipinski definition) is 2. The third-order valence-corrected chi connectivity index (χ3v) is 5.82. The van der Waals surface area contributed by atoms with Gasteiger partial charge in [-0.2, -0.15) is 0 Å². The maximum Gasteiger partial charge on any atom is 0.290 e. The summed E-state index contributed by atoms with van der Waals surface area (Å²) in [5.74, 6) is 1.80. The maximum atomic E-state index is 9.19. The third kappa shape index (κ3) is 5.43. The number of carboxylic acid groups (broad SMARTS) is 1. The molecule has 2 saturated heterocycles. The van der Waals surface area contributed by atoms with Crippen LogP contribution >= 0.6 is 0 Å². The summed E-state index contributed by atoms with van der Waals surface area (Å²) in [5.41, 5.74) is 2.08. The second-order valence-corrected chi connectivity index (χ2v) is 7.69. The Bertz CT molecular complexity index is 842. The summed E-state index contributed by atoms with van der Waals surface area (Å²) in [6, 6.07) is 6.94. The number of benzene rings is 1. The Morgan fingerprint density at radius 2 is 2.10 bits per heavy atom. The van der Waals surface area contributed by atoms with E-state index in [1.54, 1.807) is 14.2 Å². The van der Waals surface area contributed by atoms with Crippen LogP contribution in [-0.2, 0) is 20.9 Å². The van der Waals surface area contributed by atoms with Crippen molar-refractivity contribution < 1.29 is 29.2 Å². The van der Waals surface area contributed by atoms with Gasteiger partial charge in [-0.1, -0.05) is 0 Å². The Morgan fingerprint density at radius 1 is 1.29 bits per heavy atom. The number of aliphatic hydroxyl groups excluding tert-OH is 1. The van der Waals surface area contributed by atoms with Gasteiger partial charge < -0.3 is 29.0 Å². The lowest BCUT2D eigenvalue weighted by atomic mass is 10.1. The van der Waals surface area contributed by atoms with Gasteiger partial charge in [0.1, 0.15) is 11.6 Å². The van der Waals surface area contributed by atoms with Crippen molar-refractivity contribution in [3.63, 3.8) is 0 Å². The second kappa shape index (κ2) is 11.2. The molecule has 0 amide bonds. The molecule has 2 aliphatic rings. The fourth-order valence-corrected chi connectivity index (χ4v) is 4.45. The average molecular weight is 434 g/mol. The molecule has 3 atom stereocenters. The lowest BCUT2D eigenvalue weighted by Gasteiger charge is -2.34. The third-order valence-electron chi connectivity index (χ3n) is 5.82. The number of nitrogens with zero attached hydrogens (tertiary/aromatic N) is 3. The van der Waals surface area contributed by atoms with E-state index in [-0.39, 0.29) is 19.2 Å². The van der Waals surface area contributed by atoms with Gasteiger partial charge in [0, 0.05) is 62.4 Å². The number of aromatic nitrogens is 2. The summed E-state index contributed by atoms with van der Waals surface area (Å²) in [6.07, 6.45) is 5.84. The highest BCUT2D eigenvalue weighted by Crippen LogP contribution is 2.34. The van der Waals surface area contributed by atoms with Crippen LogP contribution in [0.3, 0.4) is 0 Å². The van der Waals surface area contributed by atoms with Crippen molar-refractivity contribution in [3.05, 3.63) is 36.2 Å². The van der Waals surface area contributed by atoms with Gasteiger partial charge >= 0.3 is 0 Å². The molecule has 0 bridgehead atoms. The van der Waals surface area contributed by atoms with Crippen molar-refractivity contribution in [1.82, 2.24) is 14.5 Å². The summed E-state index contributed by atoms with van der Waals surface area (Å²) < 4.78 is 19.0. The second-order valence-electron chi connectivity index (χ2n) is 7.69. The molecular formula is C22H31N3O6. The van der Waals surface area contributed by atoms with E-state index in [0.29, 0.717) is 25.1 Å². The fraction of sp³-hybridized carbons (Fsp3) is 0.545. The molecule has 2 aliphatic heterocycles. The highest BCUT2D eigenvalue weighted by molar-refractivity contribution is 5.59. The Morgan fingerprint density at radius 3 is 2.81 bits per heavy atom. The van der Waals surface area contributed by atoms with Crippen LogP contribution in [0, 0.1) is 0 Å². The SMILES string of the molecule is COCc1cc(-c2nccn2[C@@H]2C[C@H]3CO[C@@H](CCO)CN3C2)ccc1OC.O=CO. The highest BCUT2D eigenvalue weighted by atomic mass is 16.5. The van der Waals surface area contributed by atoms with Gasteiger partial charge in [-0.3, -0.25) is 9.69 Å². The zero-order chi connectivity index (χ0) is 22.2. The molecule has 9 heteroatoms. The minimum Gasteiger partial charge on any atom is -0.496 e. The number of hydrogen-bond acceptors (Lipinski definition) is 7. The van der Waals surface area contributed by atoms with E-state index < -0.39 is 0 Å². The van der Waals surface area contributed by atoms with E-state index in [1.165, 1.54) is 0 Å². The first-order chi connectivity index (χ1) is 15.1. The van der Waals surface area contributed by atoms with Crippen LogP contribution in [0.4, 0.5) is 0 Å². The molecule has 170 valence electrons. The largest absolute Gasteiger partial charge is 0.496 e. The molecule has 2 aromatic rings. The smallest absolute Gasteiger partial charge is 0.290 e. The normalized spacial score (nSPS) is 23.0. The molecule has 3 heterocycles. The number of carbonyl (C=O) groups is 1. The van der Waals surface area contributed by atoms with Crippen molar-refractivity contribution in [2.45, 2.75) is 37.6 Å². The summed E-state index contributed by atoms with van der Waals surface area (Å²) in [6.45, 7) is 3.05. The zero-order valence-corrected chi connectivity index (χ0v) is 18.0. The lowest BCUT2D eigenvalue weighted by molar-refractivity contribution is -0.122. The molecule has 1 aromatic carbocycles. The predicted molar refractivity (Wildman–Crippen MR) is 114 cm³/mol. The minimum absolute atomic E-state index is 0.139. The van der Waals surface area contributed by atoms with Crippen molar-refractivity contribution in [2.24, 2.45) is 0 Å². The molecule has 1 aromatic heterocycles. The Labute approximate surface area is 182 Å². The van der Waals surface area contributed by atoms with Crippen molar-refractivity contribution in [1.29, 1.82) is 0 Å². The summed E-state index contributed by atoms with van der Waals surface area (Å²) >= 11 is 0. The van der Waals surface area contributed by atoms with E-state index in [4.69, 9.17) is 24.1 Å². The fourth-order valence-electron chi connectivity index (χ4n) is 4.45. The Balaban J connectivity index is 0.000000858. The quantitative estimate of drug-likeness (QED) is 0.637. The topological polar surface area (TPSA) is 106 Å². The van der Waals surface area contributed by atoms with E-state index in [2.05, 4.69) is 32.8 Å². The Kier molecular flexibility index (Phi) is 8.42. The molecule has 0 spiro atoms. The number of rotatable bonds is 7. The van der Waals surface area contributed by atoms with Crippen molar-refractivity contribution in [2.75, 3.05) is 40.5 Å². The first-order valence-electron chi connectivity index (χ1n) is 10.4. The van der Waals surface area contributed by atoms with Gasteiger partial charge in [-0.05, 0) is 31.0 Å². The number of aliphatic hydroxyl groups is 1. The highest BCUT2D eigenvalue weighted by Gasteiger charge is 2.38. The molecule has 0 unspecified atom stereocenters. The minimum atomic E-state index is -0.250. The molecule has 31 heavy (non-hydrogen) atoms. The number of imidazole rings is 1. The number of methoxy groups -OCH3 is 2. The Hall–Kier alpha value is -2.46. The number of ether oxygens (including phenoxy) is 3. The average Bonchev–Trinajstić information content (AvgIpc) is 3.41. The van der Waals surface area contributed by atoms with Crippen LogP contribution in [0.2, 0.25) is 0 Å². The zero-order valence-electron chi connectivity index (χ0n) is 18.0. The monoisotopic (exact) mass is 433 g/mol. The van der Waals surface area contributed by atoms with Crippen LogP contribution in [0.5, 0.6) is 5.75 Å². The molecule has 4 rings (SSSR count). The van der Waals surface area contributed by atoms with Gasteiger partial charge in [0.05, 0.1) is 26.4 Å². The summed E-state index contributed by atoms with van der Waals surface area (Å²) in [4.78, 5) is 15.5. The first-order valence-corrected chi connectivity index (χ1v) is 10.4. The van der Waals surface area contributed by atoms with Crippen molar-refractivity contribution in [3.8, 4) is 17.1 Å². The van der Waals surface area contributed by atoms with E-state index >= 15 is 0 Å². The molecule has 0 aliphatic carbocycles.